The molecule has 0 unspecified atom stereocenters. The van der Waals surface area contributed by atoms with E-state index >= 15 is 0 Å². The molecular formula is C21H23N3O4S. The molecule has 2 aromatic heterocycles. The Balaban J connectivity index is 1.58. The lowest BCUT2D eigenvalue weighted by molar-refractivity contribution is 0.0960. The number of fused-ring (bicyclic) bond motifs is 1. The highest BCUT2D eigenvalue weighted by molar-refractivity contribution is 7.20. The third kappa shape index (κ3) is 4.04. The lowest BCUT2D eigenvalue weighted by atomic mass is 10.2. The summed E-state index contributed by atoms with van der Waals surface area (Å²) in [5, 5.41) is 3.39. The molecule has 3 heterocycles. The Bertz CT molecular complexity index is 1080. The van der Waals surface area contributed by atoms with Crippen molar-refractivity contribution in [2.24, 2.45) is 0 Å². The summed E-state index contributed by atoms with van der Waals surface area (Å²) in [6, 6.07) is 7.20. The van der Waals surface area contributed by atoms with Crippen LogP contribution in [0.5, 0.6) is 5.75 Å². The number of aromatic nitrogens is 2. The van der Waals surface area contributed by atoms with Gasteiger partial charge in [-0.1, -0.05) is 0 Å². The molecule has 1 aliphatic heterocycles. The van der Waals surface area contributed by atoms with Gasteiger partial charge in [-0.25, -0.2) is 4.98 Å². The Hall–Kier alpha value is -2.71. The summed E-state index contributed by atoms with van der Waals surface area (Å²) in [4.78, 5) is 31.2. The zero-order chi connectivity index (χ0) is 20.4. The maximum atomic E-state index is 13.0. The molecule has 1 N–H and O–H groups in total. The third-order valence-electron chi connectivity index (χ3n) is 4.97. The number of nitrogens with zero attached hydrogens (tertiary/aromatic N) is 2. The van der Waals surface area contributed by atoms with Crippen molar-refractivity contribution >= 4 is 33.1 Å². The van der Waals surface area contributed by atoms with Crippen molar-refractivity contribution < 1.29 is 14.3 Å². The molecule has 1 fully saturated rings. The van der Waals surface area contributed by atoms with Gasteiger partial charge >= 0.3 is 0 Å². The van der Waals surface area contributed by atoms with Crippen molar-refractivity contribution in [2.75, 3.05) is 18.5 Å². The van der Waals surface area contributed by atoms with Crippen LogP contribution in [-0.2, 0) is 11.3 Å². The van der Waals surface area contributed by atoms with Crippen molar-refractivity contribution in [2.45, 2.75) is 39.3 Å². The van der Waals surface area contributed by atoms with Gasteiger partial charge in [0, 0.05) is 12.3 Å². The Morgan fingerprint density at radius 2 is 2.17 bits per heavy atom. The minimum atomic E-state index is -0.250. The number of ether oxygens (including phenoxy) is 2. The van der Waals surface area contributed by atoms with Crippen LogP contribution in [0.1, 0.15) is 35.0 Å². The number of anilines is 1. The number of benzene rings is 1. The summed E-state index contributed by atoms with van der Waals surface area (Å²) in [6.07, 6.45) is 3.56. The van der Waals surface area contributed by atoms with Gasteiger partial charge in [0.05, 0.1) is 35.8 Å². The minimum absolute atomic E-state index is 0.0494. The van der Waals surface area contributed by atoms with E-state index in [0.717, 1.165) is 25.2 Å². The second-order valence-electron chi connectivity index (χ2n) is 6.98. The molecule has 1 saturated heterocycles. The summed E-state index contributed by atoms with van der Waals surface area (Å²) in [5.74, 6) is 0.499. The second kappa shape index (κ2) is 8.34. The number of thiophene rings is 1. The maximum absolute atomic E-state index is 13.0. The Morgan fingerprint density at radius 3 is 2.86 bits per heavy atom. The van der Waals surface area contributed by atoms with E-state index in [2.05, 4.69) is 10.3 Å². The van der Waals surface area contributed by atoms with E-state index in [1.54, 1.807) is 30.0 Å². The third-order valence-corrected chi connectivity index (χ3v) is 6.17. The summed E-state index contributed by atoms with van der Waals surface area (Å²) in [6.45, 7) is 5.53. The molecule has 7 nitrogen and oxygen atoms in total. The summed E-state index contributed by atoms with van der Waals surface area (Å²) in [7, 11) is 0. The first-order valence-corrected chi connectivity index (χ1v) is 10.5. The average Bonchev–Trinajstić information content (AvgIpc) is 3.34. The molecule has 8 heteroatoms. The molecule has 1 atom stereocenters. The van der Waals surface area contributed by atoms with Gasteiger partial charge in [0.25, 0.3) is 11.5 Å². The highest BCUT2D eigenvalue weighted by Crippen LogP contribution is 2.28. The van der Waals surface area contributed by atoms with Crippen LogP contribution in [-0.4, -0.2) is 34.8 Å². The second-order valence-corrected chi connectivity index (χ2v) is 7.98. The zero-order valence-corrected chi connectivity index (χ0v) is 17.3. The smallest absolute Gasteiger partial charge is 0.266 e. The van der Waals surface area contributed by atoms with Crippen molar-refractivity contribution in [3.63, 3.8) is 0 Å². The highest BCUT2D eigenvalue weighted by Gasteiger charge is 2.22. The van der Waals surface area contributed by atoms with Crippen LogP contribution in [0, 0.1) is 6.92 Å². The SMILES string of the molecule is CCOc1ccc(NC(=O)c2sc3ncn(C[C@H]4CCCO4)c(=O)c3c2C)cc1. The summed E-state index contributed by atoms with van der Waals surface area (Å²) < 4.78 is 12.6. The van der Waals surface area contributed by atoms with Gasteiger partial charge in [0.2, 0.25) is 0 Å². The van der Waals surface area contributed by atoms with Crippen LogP contribution in [0.25, 0.3) is 10.2 Å². The molecule has 0 spiro atoms. The number of hydrogen-bond acceptors (Lipinski definition) is 6. The minimum Gasteiger partial charge on any atom is -0.494 e. The Morgan fingerprint density at radius 1 is 1.38 bits per heavy atom. The molecule has 1 aromatic carbocycles. The van der Waals surface area contributed by atoms with Crippen LogP contribution >= 0.6 is 11.3 Å². The van der Waals surface area contributed by atoms with Gasteiger partial charge in [-0.15, -0.1) is 11.3 Å². The zero-order valence-electron chi connectivity index (χ0n) is 16.4. The van der Waals surface area contributed by atoms with E-state index in [4.69, 9.17) is 9.47 Å². The van der Waals surface area contributed by atoms with E-state index in [0.29, 0.717) is 39.5 Å². The van der Waals surface area contributed by atoms with Gasteiger partial charge in [-0.05, 0) is 56.5 Å². The first kappa shape index (κ1) is 19.6. The predicted molar refractivity (Wildman–Crippen MR) is 113 cm³/mol. The fraction of sp³-hybridized carbons (Fsp3) is 0.381. The highest BCUT2D eigenvalue weighted by atomic mass is 32.1. The van der Waals surface area contributed by atoms with Crippen LogP contribution in [0.15, 0.2) is 35.4 Å². The van der Waals surface area contributed by atoms with Gasteiger partial charge in [-0.2, -0.15) is 0 Å². The lowest BCUT2D eigenvalue weighted by Crippen LogP contribution is -2.26. The largest absolute Gasteiger partial charge is 0.494 e. The average molecular weight is 413 g/mol. The van der Waals surface area contributed by atoms with Gasteiger partial charge in [0.1, 0.15) is 10.6 Å². The Labute approximate surface area is 172 Å². The number of hydrogen-bond donors (Lipinski definition) is 1. The number of aryl methyl sites for hydroxylation is 1. The number of nitrogens with one attached hydrogen (secondary N) is 1. The van der Waals surface area contributed by atoms with Crippen LogP contribution in [0.4, 0.5) is 5.69 Å². The molecule has 0 radical (unpaired) electrons. The van der Waals surface area contributed by atoms with Crippen LogP contribution in [0.2, 0.25) is 0 Å². The molecule has 0 bridgehead atoms. The van der Waals surface area contributed by atoms with Crippen LogP contribution in [0.3, 0.4) is 0 Å². The monoisotopic (exact) mass is 413 g/mol. The van der Waals surface area contributed by atoms with E-state index < -0.39 is 0 Å². The lowest BCUT2D eigenvalue weighted by Gasteiger charge is -2.11. The summed E-state index contributed by atoms with van der Waals surface area (Å²) >= 11 is 1.24. The van der Waals surface area contributed by atoms with Gasteiger partial charge < -0.3 is 14.8 Å². The molecule has 4 rings (SSSR count). The molecule has 3 aromatic rings. The van der Waals surface area contributed by atoms with E-state index in [1.165, 1.54) is 11.3 Å². The molecule has 0 saturated carbocycles. The first-order valence-electron chi connectivity index (χ1n) is 9.71. The van der Waals surface area contributed by atoms with Gasteiger partial charge in [0.15, 0.2) is 0 Å². The quantitative estimate of drug-likeness (QED) is 0.668. The van der Waals surface area contributed by atoms with E-state index in [-0.39, 0.29) is 17.6 Å². The van der Waals surface area contributed by atoms with Crippen molar-refractivity contribution in [3.05, 3.63) is 51.4 Å². The number of rotatable bonds is 6. The fourth-order valence-electron chi connectivity index (χ4n) is 3.50. The standard InChI is InChI=1S/C21H23N3O4S/c1-3-27-15-8-6-14(7-9-15)23-19(25)18-13(2)17-20(29-18)22-12-24(21(17)26)11-16-5-4-10-28-16/h6-9,12,16H,3-5,10-11H2,1-2H3,(H,23,25)/t16-/m1/s1. The number of carbonyl (C=O) groups excluding carboxylic acids is 1. The molecule has 0 aliphatic carbocycles. The van der Waals surface area contributed by atoms with Gasteiger partial charge in [-0.3, -0.25) is 14.2 Å². The first-order chi connectivity index (χ1) is 14.1. The topological polar surface area (TPSA) is 82.4 Å². The van der Waals surface area contributed by atoms with E-state index in [9.17, 15) is 9.59 Å². The molecular weight excluding hydrogens is 390 g/mol. The van der Waals surface area contributed by atoms with E-state index in [1.807, 2.05) is 19.1 Å². The summed E-state index contributed by atoms with van der Waals surface area (Å²) in [5.41, 5.74) is 1.20. The van der Waals surface area contributed by atoms with Crippen molar-refractivity contribution in [1.29, 1.82) is 0 Å². The Kier molecular flexibility index (Phi) is 5.64. The molecule has 152 valence electrons. The van der Waals surface area contributed by atoms with Crippen LogP contribution < -0.4 is 15.6 Å². The van der Waals surface area contributed by atoms with Crippen molar-refractivity contribution in [1.82, 2.24) is 9.55 Å². The van der Waals surface area contributed by atoms with Crippen molar-refractivity contribution in [3.8, 4) is 5.75 Å². The maximum Gasteiger partial charge on any atom is 0.266 e. The molecule has 1 aliphatic rings. The predicted octanol–water partition coefficient (Wildman–Crippen LogP) is 3.60. The number of carbonyl (C=O) groups is 1. The molecule has 1 amide bonds. The fourth-order valence-corrected chi connectivity index (χ4v) is 4.54. The molecule has 29 heavy (non-hydrogen) atoms. The normalized spacial score (nSPS) is 16.3. The number of amides is 1.